The topological polar surface area (TPSA) is 4.93 Å². The van der Waals surface area contributed by atoms with Gasteiger partial charge >= 0.3 is 26.2 Å². The zero-order chi connectivity index (χ0) is 15.8. The van der Waals surface area contributed by atoms with E-state index in [1.54, 1.807) is 0 Å². The van der Waals surface area contributed by atoms with E-state index in [1.165, 1.54) is 33.3 Å². The van der Waals surface area contributed by atoms with Gasteiger partial charge in [0.05, 0.1) is 0 Å². The van der Waals surface area contributed by atoms with Crippen molar-refractivity contribution in [3.8, 4) is 11.3 Å². The molecule has 0 atom stereocenters. The Bertz CT molecular complexity index is 950. The molecule has 0 N–H and O–H groups in total. The van der Waals surface area contributed by atoms with Crippen LogP contribution < -0.4 is 24.8 Å². The van der Waals surface area contributed by atoms with Crippen LogP contribution in [0.4, 0.5) is 0 Å². The first-order valence-electron chi connectivity index (χ1n) is 7.74. The molecule has 0 spiro atoms. The summed E-state index contributed by atoms with van der Waals surface area (Å²) in [5.74, 6) is 0. The van der Waals surface area contributed by atoms with Gasteiger partial charge in [-0.05, 0) is 35.9 Å². The van der Waals surface area contributed by atoms with E-state index in [-0.39, 0.29) is 51.0 Å². The van der Waals surface area contributed by atoms with Crippen LogP contribution in [0.5, 0.6) is 0 Å². The fourth-order valence-corrected chi connectivity index (χ4v) is 3.73. The van der Waals surface area contributed by atoms with Crippen LogP contribution in [0.1, 0.15) is 17.5 Å². The smallest absolute Gasteiger partial charge is 1.00 e. The summed E-state index contributed by atoms with van der Waals surface area (Å²) >= 11 is 3.57. The van der Waals surface area contributed by atoms with E-state index in [4.69, 9.17) is 0 Å². The molecule has 0 unspecified atom stereocenters. The molecule has 0 fully saturated rings. The molecule has 0 radical (unpaired) electrons. The summed E-state index contributed by atoms with van der Waals surface area (Å²) in [6.07, 6.45) is 11.0. The molecule has 5 rings (SSSR count). The Morgan fingerprint density at radius 2 is 1.96 bits per heavy atom. The fraction of sp³-hybridized carbons (Fsp3) is 0.143. The number of rotatable bonds is 0. The molecule has 0 bridgehead atoms. The third-order valence-electron chi connectivity index (χ3n) is 4.40. The summed E-state index contributed by atoms with van der Waals surface area (Å²) in [5, 5.41) is 1.35. The van der Waals surface area contributed by atoms with E-state index in [1.807, 2.05) is 18.2 Å². The van der Waals surface area contributed by atoms with Crippen molar-refractivity contribution in [1.82, 2.24) is 4.57 Å². The number of hydrogen-bond acceptors (Lipinski definition) is 0. The second-order valence-electron chi connectivity index (χ2n) is 5.79. The van der Waals surface area contributed by atoms with E-state index in [9.17, 15) is 0 Å². The zero-order valence-corrected chi connectivity index (χ0v) is 19.7. The third kappa shape index (κ3) is 4.28. The number of aromatic nitrogens is 1. The molecule has 0 saturated carbocycles. The molecule has 2 aliphatic rings. The van der Waals surface area contributed by atoms with E-state index in [2.05, 4.69) is 76.1 Å². The molecule has 2 aromatic carbocycles. The normalized spacial score (nSPS) is 12.2. The Labute approximate surface area is 194 Å². The minimum absolute atomic E-state index is 0. The number of nitrogens with zero attached hydrogens (tertiary/aromatic N) is 1. The number of allylic oxidation sites excluding steroid dienone is 4. The van der Waals surface area contributed by atoms with Gasteiger partial charge < -0.3 is 29.4 Å². The van der Waals surface area contributed by atoms with Crippen LogP contribution in [0.15, 0.2) is 59.1 Å². The summed E-state index contributed by atoms with van der Waals surface area (Å²) in [6, 6.07) is 16.2. The van der Waals surface area contributed by atoms with Gasteiger partial charge in [0.2, 0.25) is 0 Å². The molecule has 1 nitrogen and oxygen atoms in total. The van der Waals surface area contributed by atoms with Crippen LogP contribution in [0.25, 0.3) is 22.2 Å². The summed E-state index contributed by atoms with van der Waals surface area (Å²) in [7, 11) is 2.15. The molecule has 1 aromatic heterocycles. The predicted molar refractivity (Wildman–Crippen MR) is 99.3 cm³/mol. The van der Waals surface area contributed by atoms with Crippen molar-refractivity contribution in [3.05, 3.63) is 82.4 Å². The van der Waals surface area contributed by atoms with Gasteiger partial charge in [-0.2, -0.15) is 30.3 Å². The van der Waals surface area contributed by atoms with Crippen molar-refractivity contribution in [2.75, 3.05) is 0 Å². The Balaban J connectivity index is 0.000000372. The molecule has 1 heterocycles. The largest absolute Gasteiger partial charge is 4.00 e. The Kier molecular flexibility index (Phi) is 9.09. The third-order valence-corrected chi connectivity index (χ3v) is 4.90. The fourth-order valence-electron chi connectivity index (χ4n) is 3.37. The summed E-state index contributed by atoms with van der Waals surface area (Å²) in [4.78, 5) is 0. The van der Waals surface area contributed by atoms with Crippen LogP contribution in [0, 0.1) is 12.1 Å². The number of benzene rings is 2. The number of halogens is 3. The van der Waals surface area contributed by atoms with Gasteiger partial charge in [-0.15, -0.1) is 17.5 Å². The van der Waals surface area contributed by atoms with Crippen molar-refractivity contribution in [2.24, 2.45) is 7.05 Å². The molecule has 2 aliphatic carbocycles. The first kappa shape index (κ1) is 23.4. The second kappa shape index (κ2) is 10.1. The first-order chi connectivity index (χ1) is 11.3. The van der Waals surface area contributed by atoms with Gasteiger partial charge in [-0.3, -0.25) is 6.08 Å². The molecule has 0 amide bonds. The molecule has 5 heteroatoms. The molecular formula is C21H16BrCl2NZr. The van der Waals surface area contributed by atoms with E-state index >= 15 is 0 Å². The number of aryl methyl sites for hydroxylation is 1. The molecular weight excluding hydrogens is 508 g/mol. The van der Waals surface area contributed by atoms with Gasteiger partial charge in [-0.25, -0.2) is 12.2 Å². The van der Waals surface area contributed by atoms with Crippen LogP contribution in [0.3, 0.4) is 0 Å². The monoisotopic (exact) mass is 521 g/mol. The molecule has 130 valence electrons. The molecule has 26 heavy (non-hydrogen) atoms. The Morgan fingerprint density at radius 1 is 1.15 bits per heavy atom. The maximum Gasteiger partial charge on any atom is 4.00 e. The molecule has 0 aliphatic heterocycles. The Hall–Kier alpha value is -0.597. The van der Waals surface area contributed by atoms with Crippen LogP contribution in [-0.2, 0) is 39.7 Å². The zero-order valence-electron chi connectivity index (χ0n) is 14.2. The summed E-state index contributed by atoms with van der Waals surface area (Å²) in [6.45, 7) is 0. The van der Waals surface area contributed by atoms with E-state index in [0.717, 1.165) is 17.3 Å². The standard InChI is InChI=1S/C16H11BrN.C5H5.2ClH.Zr/c1-18-15-7-6-11(17)9-13(15)14-8-10-4-2-3-5-12(10)16(14)18;1-2-4-5-3-1;;;/h2-3,5-7,9H,8H2,1H3;1-3H,4H2;2*1H;/q2*-1;;;+4/p-2. The SMILES string of the molecule is Cn1c2c(c3cc(Br)ccc31)Cc1[c-]cccc1-2.[C-]1=CC=CC1.[Cl-].[Cl-].[Zr+4]. The predicted octanol–water partition coefficient (Wildman–Crippen LogP) is -0.377. The average molecular weight is 524 g/mol. The van der Waals surface area contributed by atoms with Gasteiger partial charge in [-0.1, -0.05) is 15.9 Å². The van der Waals surface area contributed by atoms with Crippen LogP contribution >= 0.6 is 15.9 Å². The summed E-state index contributed by atoms with van der Waals surface area (Å²) in [5.41, 5.74) is 6.75. The number of fused-ring (bicyclic) bond motifs is 5. The van der Waals surface area contributed by atoms with Gasteiger partial charge in [0.15, 0.2) is 0 Å². The summed E-state index contributed by atoms with van der Waals surface area (Å²) < 4.78 is 3.44. The second-order valence-corrected chi connectivity index (χ2v) is 6.71. The maximum atomic E-state index is 3.57. The average Bonchev–Trinajstić information content (AvgIpc) is 3.28. The van der Waals surface area contributed by atoms with Crippen molar-refractivity contribution in [3.63, 3.8) is 0 Å². The first-order valence-corrected chi connectivity index (χ1v) is 8.53. The van der Waals surface area contributed by atoms with Crippen molar-refractivity contribution >= 4 is 26.8 Å². The van der Waals surface area contributed by atoms with Crippen LogP contribution in [-0.4, -0.2) is 4.57 Å². The van der Waals surface area contributed by atoms with E-state index in [0.29, 0.717) is 0 Å². The van der Waals surface area contributed by atoms with Gasteiger partial charge in [0.25, 0.3) is 0 Å². The van der Waals surface area contributed by atoms with Gasteiger partial charge in [0, 0.05) is 22.4 Å². The van der Waals surface area contributed by atoms with Gasteiger partial charge in [0.1, 0.15) is 0 Å². The minimum Gasteiger partial charge on any atom is -1.00 e. The van der Waals surface area contributed by atoms with Crippen molar-refractivity contribution < 1.29 is 51.0 Å². The maximum absolute atomic E-state index is 3.57. The van der Waals surface area contributed by atoms with Crippen molar-refractivity contribution in [2.45, 2.75) is 12.8 Å². The van der Waals surface area contributed by atoms with E-state index < -0.39 is 0 Å². The molecule has 3 aromatic rings. The van der Waals surface area contributed by atoms with Crippen molar-refractivity contribution in [1.29, 1.82) is 0 Å². The quantitative estimate of drug-likeness (QED) is 0.277. The number of hydrogen-bond donors (Lipinski definition) is 0. The Morgan fingerprint density at radius 3 is 2.62 bits per heavy atom. The molecule has 0 saturated heterocycles. The van der Waals surface area contributed by atoms with Crippen LogP contribution in [0.2, 0.25) is 0 Å². The minimum atomic E-state index is 0.